The molecule has 0 aliphatic rings. The number of rotatable bonds is 4. The molecular weight excluding hydrogens is 316 g/mol. The minimum Gasteiger partial charge on any atom is -0.481 e. The molecule has 4 heteroatoms. The maximum Gasteiger partial charge on any atom is 0.335 e. The van der Waals surface area contributed by atoms with Gasteiger partial charge in [-0.2, -0.15) is 0 Å². The lowest BCUT2D eigenvalue weighted by Gasteiger charge is -2.12. The highest BCUT2D eigenvalue weighted by molar-refractivity contribution is 5.87. The highest BCUT2D eigenvalue weighted by atomic mass is 16.4. The number of benzene rings is 3. The monoisotopic (exact) mass is 334 g/mol. The lowest BCUT2D eigenvalue weighted by Crippen LogP contribution is -2.12. The van der Waals surface area contributed by atoms with Crippen LogP contribution in [0.2, 0.25) is 0 Å². The summed E-state index contributed by atoms with van der Waals surface area (Å²) in [5.74, 6) is -2.28. The molecule has 0 aliphatic carbocycles. The van der Waals surface area contributed by atoms with Crippen LogP contribution in [0.5, 0.6) is 0 Å². The van der Waals surface area contributed by atoms with Crippen molar-refractivity contribution in [3.63, 3.8) is 0 Å². The highest BCUT2D eigenvalue weighted by Gasteiger charge is 2.21. The average molecular weight is 334 g/mol. The van der Waals surface area contributed by atoms with Gasteiger partial charge in [-0.15, -0.1) is 0 Å². The standard InChI is InChI=1S/C14H12O2.C7H6O2/c15-14(16)13(11-7-3-1-4-8-11)12-9-5-2-6-10-12;8-7(9)6-4-2-1-3-5-6/h1-10,13H,(H,15,16);1-5H,(H,8,9). The molecule has 0 radical (unpaired) electrons. The average Bonchev–Trinajstić information content (AvgIpc) is 2.65. The molecule has 3 rings (SSSR count). The molecule has 25 heavy (non-hydrogen) atoms. The first kappa shape index (κ1) is 17.9. The fourth-order valence-corrected chi connectivity index (χ4v) is 2.35. The second kappa shape index (κ2) is 9.03. The van der Waals surface area contributed by atoms with E-state index in [1.54, 1.807) is 30.3 Å². The van der Waals surface area contributed by atoms with Gasteiger partial charge in [0.1, 0.15) is 5.92 Å². The van der Waals surface area contributed by atoms with E-state index in [9.17, 15) is 14.7 Å². The zero-order valence-electron chi connectivity index (χ0n) is 13.4. The summed E-state index contributed by atoms with van der Waals surface area (Å²) in [5.41, 5.74) is 1.94. The van der Waals surface area contributed by atoms with Gasteiger partial charge in [0.15, 0.2) is 0 Å². The summed E-state index contributed by atoms with van der Waals surface area (Å²) in [6, 6.07) is 26.8. The molecule has 0 bridgehead atoms. The van der Waals surface area contributed by atoms with E-state index in [1.165, 1.54) is 0 Å². The van der Waals surface area contributed by atoms with Gasteiger partial charge in [-0.25, -0.2) is 4.79 Å². The SMILES string of the molecule is O=C(O)C(c1ccccc1)c1ccccc1.O=C(O)c1ccccc1. The Labute approximate surface area is 146 Å². The van der Waals surface area contributed by atoms with Gasteiger partial charge in [0.05, 0.1) is 5.56 Å². The first-order valence-electron chi connectivity index (χ1n) is 7.70. The zero-order valence-corrected chi connectivity index (χ0v) is 13.4. The maximum atomic E-state index is 11.3. The molecular formula is C21H18O4. The number of hydrogen-bond donors (Lipinski definition) is 2. The number of carbonyl (C=O) groups is 2. The van der Waals surface area contributed by atoms with E-state index in [-0.39, 0.29) is 0 Å². The Morgan fingerprint density at radius 2 is 0.960 bits per heavy atom. The molecule has 4 nitrogen and oxygen atoms in total. The number of aromatic carboxylic acids is 1. The van der Waals surface area contributed by atoms with Crippen LogP contribution in [0.4, 0.5) is 0 Å². The van der Waals surface area contributed by atoms with Crippen molar-refractivity contribution in [2.45, 2.75) is 5.92 Å². The van der Waals surface area contributed by atoms with E-state index < -0.39 is 17.9 Å². The maximum absolute atomic E-state index is 11.3. The Morgan fingerprint density at radius 1 is 0.600 bits per heavy atom. The fraction of sp³-hybridized carbons (Fsp3) is 0.0476. The lowest BCUT2D eigenvalue weighted by atomic mass is 9.92. The molecule has 0 saturated heterocycles. The van der Waals surface area contributed by atoms with Crippen LogP contribution >= 0.6 is 0 Å². The second-order valence-electron chi connectivity index (χ2n) is 5.26. The van der Waals surface area contributed by atoms with Crippen LogP contribution < -0.4 is 0 Å². The van der Waals surface area contributed by atoms with Crippen LogP contribution in [-0.2, 0) is 4.79 Å². The number of carboxylic acids is 2. The van der Waals surface area contributed by atoms with Crippen molar-refractivity contribution in [2.24, 2.45) is 0 Å². The summed E-state index contributed by atoms with van der Waals surface area (Å²) >= 11 is 0. The molecule has 0 amide bonds. The molecule has 0 aromatic heterocycles. The van der Waals surface area contributed by atoms with E-state index >= 15 is 0 Å². The van der Waals surface area contributed by atoms with Gasteiger partial charge in [0.25, 0.3) is 0 Å². The van der Waals surface area contributed by atoms with Gasteiger partial charge in [-0.1, -0.05) is 78.9 Å². The summed E-state index contributed by atoms with van der Waals surface area (Å²) in [6.07, 6.45) is 0. The zero-order chi connectivity index (χ0) is 18.1. The van der Waals surface area contributed by atoms with Crippen molar-refractivity contribution in [3.05, 3.63) is 108 Å². The van der Waals surface area contributed by atoms with E-state index in [0.717, 1.165) is 11.1 Å². The minimum atomic E-state index is -0.879. The Bertz CT molecular complexity index is 760. The van der Waals surface area contributed by atoms with Crippen molar-refractivity contribution in [1.82, 2.24) is 0 Å². The quantitative estimate of drug-likeness (QED) is 0.746. The smallest absolute Gasteiger partial charge is 0.335 e. The number of aliphatic carboxylic acids is 1. The van der Waals surface area contributed by atoms with Crippen molar-refractivity contribution in [2.75, 3.05) is 0 Å². The van der Waals surface area contributed by atoms with Gasteiger partial charge in [-0.3, -0.25) is 4.79 Å². The first-order chi connectivity index (χ1) is 12.1. The second-order valence-corrected chi connectivity index (χ2v) is 5.26. The molecule has 0 unspecified atom stereocenters. The van der Waals surface area contributed by atoms with Crippen molar-refractivity contribution >= 4 is 11.9 Å². The molecule has 0 fully saturated rings. The molecule has 0 saturated carbocycles. The van der Waals surface area contributed by atoms with Gasteiger partial charge in [-0.05, 0) is 23.3 Å². The van der Waals surface area contributed by atoms with E-state index in [1.807, 2.05) is 60.7 Å². The van der Waals surface area contributed by atoms with E-state index in [4.69, 9.17) is 5.11 Å². The van der Waals surface area contributed by atoms with Crippen LogP contribution in [0.25, 0.3) is 0 Å². The number of carboxylic acid groups (broad SMARTS) is 2. The normalized spacial score (nSPS) is 9.80. The van der Waals surface area contributed by atoms with Crippen molar-refractivity contribution in [1.29, 1.82) is 0 Å². The van der Waals surface area contributed by atoms with E-state index in [0.29, 0.717) is 5.56 Å². The largest absolute Gasteiger partial charge is 0.481 e. The Balaban J connectivity index is 0.000000212. The molecule has 3 aromatic carbocycles. The highest BCUT2D eigenvalue weighted by Crippen LogP contribution is 2.24. The van der Waals surface area contributed by atoms with Gasteiger partial charge in [0, 0.05) is 0 Å². The third kappa shape index (κ3) is 5.32. The summed E-state index contributed by atoms with van der Waals surface area (Å²) in [5, 5.41) is 17.7. The van der Waals surface area contributed by atoms with Crippen molar-refractivity contribution < 1.29 is 19.8 Å². The molecule has 0 aliphatic heterocycles. The molecule has 0 spiro atoms. The molecule has 0 atom stereocenters. The van der Waals surface area contributed by atoms with Crippen molar-refractivity contribution in [3.8, 4) is 0 Å². The summed E-state index contributed by atoms with van der Waals surface area (Å²) in [4.78, 5) is 21.5. The van der Waals surface area contributed by atoms with Crippen LogP contribution in [0.3, 0.4) is 0 Å². The van der Waals surface area contributed by atoms with Crippen LogP contribution in [-0.4, -0.2) is 22.2 Å². The Kier molecular flexibility index (Phi) is 6.48. The Hall–Kier alpha value is -3.40. The summed E-state index contributed by atoms with van der Waals surface area (Å²) in [6.45, 7) is 0. The Morgan fingerprint density at radius 3 is 1.24 bits per heavy atom. The predicted octanol–water partition coefficient (Wildman–Crippen LogP) is 4.29. The first-order valence-corrected chi connectivity index (χ1v) is 7.70. The number of hydrogen-bond acceptors (Lipinski definition) is 2. The third-order valence-electron chi connectivity index (χ3n) is 3.53. The molecule has 0 heterocycles. The van der Waals surface area contributed by atoms with Gasteiger partial charge in [0.2, 0.25) is 0 Å². The molecule has 2 N–H and O–H groups in total. The topological polar surface area (TPSA) is 74.6 Å². The molecule has 126 valence electrons. The van der Waals surface area contributed by atoms with E-state index in [2.05, 4.69) is 0 Å². The summed E-state index contributed by atoms with van der Waals surface area (Å²) in [7, 11) is 0. The predicted molar refractivity (Wildman–Crippen MR) is 95.8 cm³/mol. The molecule has 3 aromatic rings. The van der Waals surface area contributed by atoms with Gasteiger partial charge < -0.3 is 10.2 Å². The summed E-state index contributed by atoms with van der Waals surface area (Å²) < 4.78 is 0. The minimum absolute atomic E-state index is 0.331. The third-order valence-corrected chi connectivity index (χ3v) is 3.53. The lowest BCUT2D eigenvalue weighted by molar-refractivity contribution is -0.137. The van der Waals surface area contributed by atoms with Crippen LogP contribution in [0, 0.1) is 0 Å². The fourth-order valence-electron chi connectivity index (χ4n) is 2.35. The van der Waals surface area contributed by atoms with Gasteiger partial charge >= 0.3 is 11.9 Å². The van der Waals surface area contributed by atoms with Crippen LogP contribution in [0.1, 0.15) is 27.4 Å². The van der Waals surface area contributed by atoms with Crippen LogP contribution in [0.15, 0.2) is 91.0 Å².